The topological polar surface area (TPSA) is 18.5 Å². The maximum Gasteiger partial charge on any atom is 0.200 e. The van der Waals surface area contributed by atoms with Crippen molar-refractivity contribution in [1.82, 2.24) is 0 Å². The number of ether oxygens (including phenoxy) is 2. The van der Waals surface area contributed by atoms with Gasteiger partial charge in [-0.2, -0.15) is 8.78 Å². The quantitative estimate of drug-likeness (QED) is 0.141. The van der Waals surface area contributed by atoms with Gasteiger partial charge in [-0.15, -0.1) is 0 Å². The van der Waals surface area contributed by atoms with Gasteiger partial charge in [0.1, 0.15) is 0 Å². The monoisotopic (exact) mass is 786 g/mol. The fraction of sp³-hybridized carbons (Fsp3) is 0.435. The van der Waals surface area contributed by atoms with E-state index in [2.05, 4.69) is 0 Å². The highest BCUT2D eigenvalue weighted by Crippen LogP contribution is 2.41. The van der Waals surface area contributed by atoms with Crippen molar-refractivity contribution in [1.29, 1.82) is 0 Å². The fourth-order valence-electron chi connectivity index (χ4n) is 7.91. The van der Waals surface area contributed by atoms with Crippen LogP contribution < -0.4 is 9.47 Å². The zero-order valence-corrected chi connectivity index (χ0v) is 32.4. The van der Waals surface area contributed by atoms with Gasteiger partial charge in [0.25, 0.3) is 0 Å². The third-order valence-corrected chi connectivity index (χ3v) is 11.3. The number of hydrogen-bond acceptors (Lipinski definition) is 2. The van der Waals surface area contributed by atoms with Crippen molar-refractivity contribution >= 4 is 6.08 Å². The molecule has 0 spiro atoms. The Labute approximate surface area is 324 Å². The molecule has 0 atom stereocenters. The summed E-state index contributed by atoms with van der Waals surface area (Å²) in [5, 5.41) is 0. The van der Waals surface area contributed by atoms with Crippen molar-refractivity contribution in [3.8, 4) is 11.5 Å². The molecule has 0 unspecified atom stereocenters. The Morgan fingerprint density at radius 2 is 1.00 bits per heavy atom. The highest BCUT2D eigenvalue weighted by molar-refractivity contribution is 5.51. The van der Waals surface area contributed by atoms with Crippen LogP contribution in [0.25, 0.3) is 6.08 Å². The molecular formula is C46H50F8O2. The summed E-state index contributed by atoms with van der Waals surface area (Å²) < 4.78 is 123. The Morgan fingerprint density at radius 3 is 1.52 bits per heavy atom. The molecule has 0 aromatic heterocycles. The summed E-state index contributed by atoms with van der Waals surface area (Å²) in [7, 11) is 0. The van der Waals surface area contributed by atoms with Crippen LogP contribution >= 0.6 is 0 Å². The minimum Gasteiger partial charge on any atom is -0.491 e. The van der Waals surface area contributed by atoms with E-state index in [1.807, 2.05) is 6.08 Å². The SMILES string of the molecule is CCOc1ccc(C2CCC(/C=C/c3ccc(C)c(F)c3F)CC2)c(F)c1F.CCOc1ccc(C2CCC(CCc3ccc(C)c(F)c3F)CC2)c(F)c1F. The maximum absolute atomic E-state index is 14.4. The van der Waals surface area contributed by atoms with Gasteiger partial charge in [0.2, 0.25) is 11.6 Å². The zero-order valence-electron chi connectivity index (χ0n) is 32.4. The van der Waals surface area contributed by atoms with Crippen molar-refractivity contribution in [2.75, 3.05) is 13.2 Å². The van der Waals surface area contributed by atoms with Crippen LogP contribution in [0.1, 0.15) is 117 Å². The molecule has 10 heteroatoms. The van der Waals surface area contributed by atoms with Crippen LogP contribution in [0.3, 0.4) is 0 Å². The molecule has 2 aliphatic carbocycles. The standard InChI is InChI=1S/C23H26F4O.C23H24F4O/c2*1-3-28-19-13-12-18(22(26)23(19)27)16-9-5-15(6-10-16)7-11-17-8-4-14(2)20(24)21(17)25/h4,8,12-13,15-16H,3,5-7,9-11H2,1-2H3;4,7-8,11-13,15-16H,3,5-6,9-10H2,1-2H3/b;11-7+. The largest absolute Gasteiger partial charge is 0.491 e. The van der Waals surface area contributed by atoms with E-state index < -0.39 is 46.5 Å². The van der Waals surface area contributed by atoms with E-state index in [0.29, 0.717) is 47.4 Å². The van der Waals surface area contributed by atoms with Gasteiger partial charge < -0.3 is 9.47 Å². The summed E-state index contributed by atoms with van der Waals surface area (Å²) in [4.78, 5) is 0. The molecule has 2 saturated carbocycles. The van der Waals surface area contributed by atoms with Gasteiger partial charge in [0.15, 0.2) is 46.4 Å². The van der Waals surface area contributed by atoms with E-state index in [-0.39, 0.29) is 53.6 Å². The lowest BCUT2D eigenvalue weighted by Gasteiger charge is -2.29. The number of halogens is 8. The molecule has 4 aromatic carbocycles. The van der Waals surface area contributed by atoms with Crippen LogP contribution in [0.15, 0.2) is 54.6 Å². The van der Waals surface area contributed by atoms with Gasteiger partial charge in [-0.1, -0.05) is 48.6 Å². The molecular weight excluding hydrogens is 736 g/mol. The second-order valence-electron chi connectivity index (χ2n) is 14.9. The Hall–Kier alpha value is -4.34. The lowest BCUT2D eigenvalue weighted by molar-refractivity contribution is 0.296. The molecule has 56 heavy (non-hydrogen) atoms. The van der Waals surface area contributed by atoms with Crippen LogP contribution in [-0.2, 0) is 6.42 Å². The second kappa shape index (κ2) is 19.7. The van der Waals surface area contributed by atoms with E-state index in [4.69, 9.17) is 9.47 Å². The highest BCUT2D eigenvalue weighted by atomic mass is 19.2. The Kier molecular flexibility index (Phi) is 15.0. The van der Waals surface area contributed by atoms with E-state index in [1.165, 1.54) is 19.1 Å². The number of benzene rings is 4. The predicted octanol–water partition coefficient (Wildman–Crippen LogP) is 13.8. The van der Waals surface area contributed by atoms with Crippen LogP contribution in [0.5, 0.6) is 11.5 Å². The lowest BCUT2D eigenvalue weighted by Crippen LogP contribution is -2.16. The summed E-state index contributed by atoms with van der Waals surface area (Å²) in [6, 6.07) is 12.6. The molecule has 0 radical (unpaired) electrons. The smallest absolute Gasteiger partial charge is 0.200 e. The number of rotatable bonds is 11. The van der Waals surface area contributed by atoms with Crippen molar-refractivity contribution in [2.45, 2.75) is 104 Å². The van der Waals surface area contributed by atoms with Crippen molar-refractivity contribution in [3.63, 3.8) is 0 Å². The first kappa shape index (κ1) is 42.8. The Morgan fingerprint density at radius 1 is 0.518 bits per heavy atom. The summed E-state index contributed by atoms with van der Waals surface area (Å²) in [5.41, 5.74) is 2.02. The molecule has 0 bridgehead atoms. The number of hydrogen-bond donors (Lipinski definition) is 0. The van der Waals surface area contributed by atoms with Gasteiger partial charge in [-0.05, 0) is 156 Å². The molecule has 0 amide bonds. The first-order valence-corrected chi connectivity index (χ1v) is 19.6. The second-order valence-corrected chi connectivity index (χ2v) is 14.9. The minimum atomic E-state index is -0.932. The number of allylic oxidation sites excluding steroid dienone is 1. The molecule has 2 aliphatic rings. The summed E-state index contributed by atoms with van der Waals surface area (Å²) in [5.74, 6) is -6.27. The molecule has 0 aliphatic heterocycles. The third-order valence-electron chi connectivity index (χ3n) is 11.3. The zero-order chi connectivity index (χ0) is 40.5. The van der Waals surface area contributed by atoms with Gasteiger partial charge in [-0.3, -0.25) is 0 Å². The third kappa shape index (κ3) is 10.1. The maximum atomic E-state index is 14.4. The van der Waals surface area contributed by atoms with E-state index in [0.717, 1.165) is 44.9 Å². The molecule has 2 fully saturated rings. The first-order chi connectivity index (χ1) is 26.8. The Balaban J connectivity index is 0.000000214. The van der Waals surface area contributed by atoms with E-state index >= 15 is 0 Å². The first-order valence-electron chi connectivity index (χ1n) is 19.6. The van der Waals surface area contributed by atoms with Crippen molar-refractivity contribution < 1.29 is 44.6 Å². The summed E-state index contributed by atoms with van der Waals surface area (Å²) in [6.45, 7) is 7.08. The van der Waals surface area contributed by atoms with Crippen molar-refractivity contribution in [2.24, 2.45) is 11.8 Å². The molecule has 0 heterocycles. The highest BCUT2D eigenvalue weighted by Gasteiger charge is 2.28. The average Bonchev–Trinajstić information content (AvgIpc) is 3.20. The van der Waals surface area contributed by atoms with Gasteiger partial charge in [0.05, 0.1) is 13.2 Å². The van der Waals surface area contributed by atoms with Gasteiger partial charge in [-0.25, -0.2) is 26.3 Å². The number of aryl methyl sites for hydroxylation is 3. The molecule has 0 saturated heterocycles. The lowest BCUT2D eigenvalue weighted by atomic mass is 9.76. The van der Waals surface area contributed by atoms with Gasteiger partial charge >= 0.3 is 0 Å². The van der Waals surface area contributed by atoms with Crippen LogP contribution in [0.2, 0.25) is 0 Å². The molecule has 6 rings (SSSR count). The minimum absolute atomic E-state index is 0.0185. The van der Waals surface area contributed by atoms with Crippen LogP contribution in [0, 0.1) is 72.2 Å². The fourth-order valence-corrected chi connectivity index (χ4v) is 7.91. The van der Waals surface area contributed by atoms with Gasteiger partial charge in [0, 0.05) is 5.56 Å². The molecule has 0 N–H and O–H groups in total. The average molecular weight is 787 g/mol. The summed E-state index contributed by atoms with van der Waals surface area (Å²) in [6.07, 6.45) is 11.0. The normalized spacial score (nSPS) is 19.8. The summed E-state index contributed by atoms with van der Waals surface area (Å²) >= 11 is 0. The molecule has 2 nitrogen and oxygen atoms in total. The van der Waals surface area contributed by atoms with Crippen molar-refractivity contribution in [3.05, 3.63) is 135 Å². The van der Waals surface area contributed by atoms with Crippen LogP contribution in [-0.4, -0.2) is 13.2 Å². The predicted molar refractivity (Wildman–Crippen MR) is 204 cm³/mol. The van der Waals surface area contributed by atoms with Crippen LogP contribution in [0.4, 0.5) is 35.1 Å². The Bertz CT molecular complexity index is 1980. The molecule has 4 aromatic rings. The van der Waals surface area contributed by atoms with E-state index in [9.17, 15) is 35.1 Å². The van der Waals surface area contributed by atoms with E-state index in [1.54, 1.807) is 63.2 Å². The molecule has 302 valence electrons.